The van der Waals surface area contributed by atoms with Crippen LogP contribution < -0.4 is 11.1 Å². The number of nitrogens with two attached hydrogens (primary N) is 1. The van der Waals surface area contributed by atoms with Gasteiger partial charge in [0.1, 0.15) is 4.88 Å². The molecule has 0 aromatic carbocycles. The first-order chi connectivity index (χ1) is 8.08. The fraction of sp³-hybridized carbons (Fsp3) is 0.455. The molecule has 5 nitrogen and oxygen atoms in total. The van der Waals surface area contributed by atoms with Crippen molar-refractivity contribution in [1.82, 2.24) is 0 Å². The molecule has 1 heterocycles. The Labute approximate surface area is 104 Å². The molecule has 17 heavy (non-hydrogen) atoms. The Balaban J connectivity index is 2.66. The SMILES string of the molecule is CCC(N)CC(=O)Nc1ccsc1C(=O)OC. The predicted molar refractivity (Wildman–Crippen MR) is 67.2 cm³/mol. The topological polar surface area (TPSA) is 81.4 Å². The van der Waals surface area contributed by atoms with E-state index in [1.54, 1.807) is 11.4 Å². The van der Waals surface area contributed by atoms with Gasteiger partial charge in [-0.3, -0.25) is 4.79 Å². The van der Waals surface area contributed by atoms with Gasteiger partial charge >= 0.3 is 5.97 Å². The number of ether oxygens (including phenoxy) is 1. The Kier molecular flexibility index (Phi) is 5.11. The molecule has 0 saturated heterocycles. The summed E-state index contributed by atoms with van der Waals surface area (Å²) in [6.07, 6.45) is 0.980. The molecule has 94 valence electrons. The number of anilines is 1. The number of amides is 1. The van der Waals surface area contributed by atoms with E-state index in [9.17, 15) is 9.59 Å². The van der Waals surface area contributed by atoms with E-state index in [0.717, 1.165) is 6.42 Å². The Morgan fingerprint density at radius 1 is 1.59 bits per heavy atom. The second-order valence-electron chi connectivity index (χ2n) is 3.58. The number of esters is 1. The number of hydrogen-bond acceptors (Lipinski definition) is 5. The van der Waals surface area contributed by atoms with Gasteiger partial charge in [0, 0.05) is 12.5 Å². The molecule has 0 aliphatic rings. The molecule has 0 aliphatic heterocycles. The molecule has 0 aliphatic carbocycles. The van der Waals surface area contributed by atoms with Crippen LogP contribution in [0.4, 0.5) is 5.69 Å². The number of rotatable bonds is 5. The van der Waals surface area contributed by atoms with Gasteiger partial charge in [-0.2, -0.15) is 0 Å². The molecule has 0 bridgehead atoms. The monoisotopic (exact) mass is 256 g/mol. The third kappa shape index (κ3) is 3.83. The lowest BCUT2D eigenvalue weighted by Crippen LogP contribution is -2.26. The van der Waals surface area contributed by atoms with E-state index in [1.807, 2.05) is 6.92 Å². The highest BCUT2D eigenvalue weighted by Crippen LogP contribution is 2.23. The maximum Gasteiger partial charge on any atom is 0.350 e. The molecule has 1 aromatic heterocycles. The third-order valence-corrected chi connectivity index (χ3v) is 3.18. The van der Waals surface area contributed by atoms with Gasteiger partial charge in [0.2, 0.25) is 5.91 Å². The van der Waals surface area contributed by atoms with E-state index in [-0.39, 0.29) is 18.4 Å². The first-order valence-corrected chi connectivity index (χ1v) is 6.17. The van der Waals surface area contributed by atoms with Gasteiger partial charge in [-0.1, -0.05) is 6.92 Å². The minimum Gasteiger partial charge on any atom is -0.465 e. The Hall–Kier alpha value is -1.40. The van der Waals surface area contributed by atoms with Crippen molar-refractivity contribution in [2.75, 3.05) is 12.4 Å². The predicted octanol–water partition coefficient (Wildman–Crippen LogP) is 1.60. The average Bonchev–Trinajstić information content (AvgIpc) is 2.75. The minimum atomic E-state index is -0.449. The first-order valence-electron chi connectivity index (χ1n) is 5.29. The van der Waals surface area contributed by atoms with Crippen LogP contribution in [0.25, 0.3) is 0 Å². The lowest BCUT2D eigenvalue weighted by atomic mass is 10.1. The molecule has 3 N–H and O–H groups in total. The number of carbonyl (C=O) groups is 2. The van der Waals surface area contributed by atoms with Gasteiger partial charge < -0.3 is 15.8 Å². The Morgan fingerprint density at radius 2 is 2.29 bits per heavy atom. The molecule has 1 amide bonds. The van der Waals surface area contributed by atoms with Gasteiger partial charge in [0.25, 0.3) is 0 Å². The summed E-state index contributed by atoms with van der Waals surface area (Å²) in [5.41, 5.74) is 6.16. The molecule has 0 saturated carbocycles. The van der Waals surface area contributed by atoms with Crippen LogP contribution in [-0.4, -0.2) is 25.0 Å². The van der Waals surface area contributed by atoms with Gasteiger partial charge in [-0.15, -0.1) is 11.3 Å². The van der Waals surface area contributed by atoms with E-state index in [4.69, 9.17) is 5.73 Å². The molecule has 1 atom stereocenters. The van der Waals surface area contributed by atoms with Gasteiger partial charge in [-0.05, 0) is 17.9 Å². The smallest absolute Gasteiger partial charge is 0.350 e. The van der Waals surface area contributed by atoms with Crippen LogP contribution in [0.5, 0.6) is 0 Å². The second-order valence-corrected chi connectivity index (χ2v) is 4.49. The number of nitrogens with one attached hydrogen (secondary N) is 1. The summed E-state index contributed by atoms with van der Waals surface area (Å²) in [4.78, 5) is 23.4. The van der Waals surface area contributed by atoms with E-state index in [2.05, 4.69) is 10.1 Å². The Morgan fingerprint density at radius 3 is 2.88 bits per heavy atom. The van der Waals surface area contributed by atoms with Crippen molar-refractivity contribution in [3.8, 4) is 0 Å². The van der Waals surface area contributed by atoms with Crippen LogP contribution in [-0.2, 0) is 9.53 Å². The third-order valence-electron chi connectivity index (χ3n) is 2.28. The van der Waals surface area contributed by atoms with Crippen LogP contribution in [0.2, 0.25) is 0 Å². The average molecular weight is 256 g/mol. The van der Waals surface area contributed by atoms with E-state index < -0.39 is 5.97 Å². The van der Waals surface area contributed by atoms with Crippen molar-refractivity contribution in [2.24, 2.45) is 5.73 Å². The van der Waals surface area contributed by atoms with Crippen molar-refractivity contribution in [2.45, 2.75) is 25.8 Å². The normalized spacial score (nSPS) is 11.9. The molecule has 1 rings (SSSR count). The first kappa shape index (κ1) is 13.7. The maximum atomic E-state index is 11.6. The van der Waals surface area contributed by atoms with Crippen LogP contribution >= 0.6 is 11.3 Å². The molecule has 0 spiro atoms. The largest absolute Gasteiger partial charge is 0.465 e. The van der Waals surface area contributed by atoms with E-state index in [0.29, 0.717) is 10.6 Å². The lowest BCUT2D eigenvalue weighted by molar-refractivity contribution is -0.116. The number of thiophene rings is 1. The zero-order valence-corrected chi connectivity index (χ0v) is 10.7. The molecular formula is C11H16N2O3S. The second kappa shape index (κ2) is 6.36. The summed E-state index contributed by atoms with van der Waals surface area (Å²) in [5.74, 6) is -0.641. The van der Waals surface area contributed by atoms with Crippen LogP contribution in [0.15, 0.2) is 11.4 Å². The highest BCUT2D eigenvalue weighted by molar-refractivity contribution is 7.12. The van der Waals surface area contributed by atoms with Gasteiger partial charge in [0.15, 0.2) is 0 Å². The summed E-state index contributed by atoms with van der Waals surface area (Å²) in [5, 5.41) is 4.39. The summed E-state index contributed by atoms with van der Waals surface area (Å²) < 4.78 is 4.61. The molecule has 0 fully saturated rings. The van der Waals surface area contributed by atoms with Gasteiger partial charge in [-0.25, -0.2) is 4.79 Å². The quantitative estimate of drug-likeness (QED) is 0.784. The number of hydrogen-bond donors (Lipinski definition) is 2. The standard InChI is InChI=1S/C11H16N2O3S/c1-3-7(12)6-9(14)13-8-4-5-17-10(8)11(15)16-2/h4-5,7H,3,6,12H2,1-2H3,(H,13,14). The molecular weight excluding hydrogens is 240 g/mol. The van der Waals surface area contributed by atoms with Crippen molar-refractivity contribution in [1.29, 1.82) is 0 Å². The maximum absolute atomic E-state index is 11.6. The fourth-order valence-corrected chi connectivity index (χ4v) is 2.01. The summed E-state index contributed by atoms with van der Waals surface area (Å²) >= 11 is 1.23. The Bertz CT molecular complexity index is 403. The van der Waals surface area contributed by atoms with E-state index >= 15 is 0 Å². The highest BCUT2D eigenvalue weighted by atomic mass is 32.1. The summed E-state index contributed by atoms with van der Waals surface area (Å²) in [6.45, 7) is 1.92. The molecule has 1 unspecified atom stereocenters. The van der Waals surface area contributed by atoms with Gasteiger partial charge in [0.05, 0.1) is 12.8 Å². The zero-order valence-electron chi connectivity index (χ0n) is 9.86. The lowest BCUT2D eigenvalue weighted by Gasteiger charge is -2.09. The minimum absolute atomic E-state index is 0.157. The van der Waals surface area contributed by atoms with Crippen LogP contribution in [0, 0.1) is 0 Å². The number of methoxy groups -OCH3 is 1. The fourth-order valence-electron chi connectivity index (χ4n) is 1.24. The molecule has 6 heteroatoms. The number of carbonyl (C=O) groups excluding carboxylic acids is 2. The summed E-state index contributed by atoms with van der Waals surface area (Å²) in [7, 11) is 1.31. The highest BCUT2D eigenvalue weighted by Gasteiger charge is 2.16. The molecule has 0 radical (unpaired) electrons. The van der Waals surface area contributed by atoms with Crippen molar-refractivity contribution in [3.63, 3.8) is 0 Å². The summed E-state index contributed by atoms with van der Waals surface area (Å²) in [6, 6.07) is 1.52. The van der Waals surface area contributed by atoms with Crippen LogP contribution in [0.1, 0.15) is 29.4 Å². The van der Waals surface area contributed by atoms with Crippen molar-refractivity contribution >= 4 is 28.9 Å². The molecule has 1 aromatic rings. The van der Waals surface area contributed by atoms with Crippen molar-refractivity contribution in [3.05, 3.63) is 16.3 Å². The van der Waals surface area contributed by atoms with Crippen molar-refractivity contribution < 1.29 is 14.3 Å². The van der Waals surface area contributed by atoms with E-state index in [1.165, 1.54) is 18.4 Å². The van der Waals surface area contributed by atoms with Crippen LogP contribution in [0.3, 0.4) is 0 Å². The zero-order chi connectivity index (χ0) is 12.8.